The molecular formula is C11H17NO2. The topological polar surface area (TPSA) is 38.3 Å². The number of carbonyl (C=O) groups excluding carboxylic acids is 1. The van der Waals surface area contributed by atoms with Gasteiger partial charge in [0, 0.05) is 19.3 Å². The minimum absolute atomic E-state index is 0.309. The van der Waals surface area contributed by atoms with Crippen LogP contribution in [0, 0.1) is 17.8 Å². The van der Waals surface area contributed by atoms with E-state index in [1.54, 1.807) is 0 Å². The van der Waals surface area contributed by atoms with Crippen molar-refractivity contribution < 1.29 is 9.53 Å². The Morgan fingerprint density at radius 1 is 1.07 bits per heavy atom. The number of amides is 1. The van der Waals surface area contributed by atoms with Crippen molar-refractivity contribution in [2.24, 2.45) is 17.8 Å². The zero-order valence-corrected chi connectivity index (χ0v) is 8.37. The predicted octanol–water partition coefficient (Wildman–Crippen LogP) is 0.938. The van der Waals surface area contributed by atoms with Crippen LogP contribution in [0.15, 0.2) is 0 Å². The molecule has 0 bridgehead atoms. The Balaban J connectivity index is 1.63. The van der Waals surface area contributed by atoms with E-state index in [0.29, 0.717) is 23.8 Å². The first-order valence-corrected chi connectivity index (χ1v) is 5.74. The molecule has 2 atom stereocenters. The zero-order chi connectivity index (χ0) is 9.54. The van der Waals surface area contributed by atoms with E-state index in [1.807, 2.05) is 0 Å². The Bertz CT molecular complexity index is 244. The van der Waals surface area contributed by atoms with Crippen molar-refractivity contribution in [3.8, 4) is 0 Å². The fourth-order valence-electron chi connectivity index (χ4n) is 2.87. The van der Waals surface area contributed by atoms with Crippen LogP contribution in [0.5, 0.6) is 0 Å². The maximum absolute atomic E-state index is 11.4. The molecule has 1 amide bonds. The Morgan fingerprint density at radius 2 is 1.79 bits per heavy atom. The first kappa shape index (κ1) is 8.72. The van der Waals surface area contributed by atoms with Gasteiger partial charge in [0.1, 0.15) is 0 Å². The quantitative estimate of drug-likeness (QED) is 0.666. The van der Waals surface area contributed by atoms with Crippen LogP contribution in [0.2, 0.25) is 0 Å². The summed E-state index contributed by atoms with van der Waals surface area (Å²) in [7, 11) is 0. The summed E-state index contributed by atoms with van der Waals surface area (Å²) in [6.07, 6.45) is 4.82. The highest BCUT2D eigenvalue weighted by molar-refractivity contribution is 5.86. The van der Waals surface area contributed by atoms with Crippen molar-refractivity contribution in [3.05, 3.63) is 0 Å². The molecule has 0 radical (unpaired) electrons. The van der Waals surface area contributed by atoms with E-state index in [4.69, 9.17) is 4.74 Å². The van der Waals surface area contributed by atoms with Crippen molar-refractivity contribution in [3.63, 3.8) is 0 Å². The van der Waals surface area contributed by atoms with Gasteiger partial charge in [-0.3, -0.25) is 4.79 Å². The van der Waals surface area contributed by atoms with Crippen molar-refractivity contribution in [2.45, 2.75) is 31.7 Å². The van der Waals surface area contributed by atoms with E-state index < -0.39 is 0 Å². The summed E-state index contributed by atoms with van der Waals surface area (Å²) >= 11 is 0. The number of β-lactam (4-membered cyclic amide) rings is 1. The molecule has 2 saturated heterocycles. The first-order valence-electron chi connectivity index (χ1n) is 5.74. The van der Waals surface area contributed by atoms with Gasteiger partial charge < -0.3 is 10.1 Å². The van der Waals surface area contributed by atoms with E-state index in [2.05, 4.69) is 5.32 Å². The Labute approximate surface area is 84.2 Å². The predicted molar refractivity (Wildman–Crippen MR) is 51.7 cm³/mol. The third-order valence-corrected chi connectivity index (χ3v) is 3.90. The molecule has 3 nitrogen and oxygen atoms in total. The summed E-state index contributed by atoms with van der Waals surface area (Å²) in [6, 6.07) is 0.485. The third kappa shape index (κ3) is 1.34. The molecule has 0 aromatic heterocycles. The molecule has 1 N–H and O–H groups in total. The lowest BCUT2D eigenvalue weighted by molar-refractivity contribution is -0.139. The van der Waals surface area contributed by atoms with Gasteiger partial charge in [0.2, 0.25) is 5.91 Å². The van der Waals surface area contributed by atoms with E-state index in [0.717, 1.165) is 32.0 Å². The standard InChI is InChI=1S/C11H17NO2/c13-11-9(7-1-2-7)10(12-11)8-3-5-14-6-4-8/h7-10H,1-6H2,(H,12,13). The monoisotopic (exact) mass is 195 g/mol. The van der Waals surface area contributed by atoms with Gasteiger partial charge in [-0.25, -0.2) is 0 Å². The van der Waals surface area contributed by atoms with Gasteiger partial charge in [-0.1, -0.05) is 0 Å². The second kappa shape index (κ2) is 3.23. The smallest absolute Gasteiger partial charge is 0.225 e. The molecule has 3 fully saturated rings. The third-order valence-electron chi connectivity index (χ3n) is 3.90. The summed E-state index contributed by atoms with van der Waals surface area (Å²) < 4.78 is 5.34. The molecule has 2 aliphatic heterocycles. The van der Waals surface area contributed by atoms with E-state index in [-0.39, 0.29) is 0 Å². The molecule has 3 aliphatic rings. The van der Waals surface area contributed by atoms with Crippen LogP contribution >= 0.6 is 0 Å². The molecule has 0 spiro atoms. The number of rotatable bonds is 2. The number of ether oxygens (including phenoxy) is 1. The van der Waals surface area contributed by atoms with Gasteiger partial charge in [-0.15, -0.1) is 0 Å². The molecule has 3 rings (SSSR count). The van der Waals surface area contributed by atoms with Crippen LogP contribution in [-0.4, -0.2) is 25.2 Å². The SMILES string of the molecule is O=C1NC(C2CCOCC2)C1C1CC1. The molecule has 2 unspecified atom stereocenters. The summed E-state index contributed by atoms with van der Waals surface area (Å²) in [5, 5.41) is 3.09. The van der Waals surface area contributed by atoms with E-state index in [9.17, 15) is 4.79 Å². The number of nitrogens with one attached hydrogen (secondary N) is 1. The van der Waals surface area contributed by atoms with Crippen LogP contribution in [0.25, 0.3) is 0 Å². The second-order valence-corrected chi connectivity index (χ2v) is 4.85. The zero-order valence-electron chi connectivity index (χ0n) is 8.37. The lowest BCUT2D eigenvalue weighted by Crippen LogP contribution is -2.62. The van der Waals surface area contributed by atoms with Crippen molar-refractivity contribution in [1.82, 2.24) is 5.32 Å². The van der Waals surface area contributed by atoms with Gasteiger partial charge in [-0.2, -0.15) is 0 Å². The van der Waals surface area contributed by atoms with Crippen LogP contribution in [0.3, 0.4) is 0 Å². The fraction of sp³-hybridized carbons (Fsp3) is 0.909. The Hall–Kier alpha value is -0.570. The lowest BCUT2D eigenvalue weighted by Gasteiger charge is -2.43. The number of carbonyl (C=O) groups is 1. The summed E-state index contributed by atoms with van der Waals surface area (Å²) in [6.45, 7) is 1.77. The highest BCUT2D eigenvalue weighted by Crippen LogP contribution is 2.45. The lowest BCUT2D eigenvalue weighted by atomic mass is 9.75. The average Bonchev–Trinajstić information content (AvgIpc) is 2.99. The van der Waals surface area contributed by atoms with Crippen LogP contribution in [0.4, 0.5) is 0 Å². The van der Waals surface area contributed by atoms with Gasteiger partial charge in [0.05, 0.1) is 5.92 Å². The normalized spacial score (nSPS) is 39.0. The summed E-state index contributed by atoms with van der Waals surface area (Å²) in [5.74, 6) is 2.07. The molecule has 78 valence electrons. The molecule has 0 aromatic carbocycles. The summed E-state index contributed by atoms with van der Waals surface area (Å²) in [4.78, 5) is 11.4. The maximum atomic E-state index is 11.4. The fourth-order valence-corrected chi connectivity index (χ4v) is 2.87. The first-order chi connectivity index (χ1) is 6.86. The number of hydrogen-bond donors (Lipinski definition) is 1. The molecule has 3 heteroatoms. The largest absolute Gasteiger partial charge is 0.381 e. The molecule has 2 heterocycles. The molecular weight excluding hydrogens is 178 g/mol. The minimum Gasteiger partial charge on any atom is -0.381 e. The molecule has 14 heavy (non-hydrogen) atoms. The highest BCUT2D eigenvalue weighted by atomic mass is 16.5. The number of hydrogen-bond acceptors (Lipinski definition) is 2. The second-order valence-electron chi connectivity index (χ2n) is 4.85. The average molecular weight is 195 g/mol. The van der Waals surface area contributed by atoms with Gasteiger partial charge in [-0.05, 0) is 37.5 Å². The van der Waals surface area contributed by atoms with Crippen molar-refractivity contribution >= 4 is 5.91 Å². The summed E-state index contributed by atoms with van der Waals surface area (Å²) in [5.41, 5.74) is 0. The molecule has 1 saturated carbocycles. The Morgan fingerprint density at radius 3 is 2.36 bits per heavy atom. The van der Waals surface area contributed by atoms with Gasteiger partial charge in [0.15, 0.2) is 0 Å². The van der Waals surface area contributed by atoms with Gasteiger partial charge >= 0.3 is 0 Å². The van der Waals surface area contributed by atoms with E-state index in [1.165, 1.54) is 12.8 Å². The van der Waals surface area contributed by atoms with Gasteiger partial charge in [0.25, 0.3) is 0 Å². The molecule has 1 aliphatic carbocycles. The van der Waals surface area contributed by atoms with E-state index >= 15 is 0 Å². The van der Waals surface area contributed by atoms with Crippen LogP contribution in [0.1, 0.15) is 25.7 Å². The maximum Gasteiger partial charge on any atom is 0.225 e. The van der Waals surface area contributed by atoms with Crippen LogP contribution < -0.4 is 5.32 Å². The van der Waals surface area contributed by atoms with Crippen LogP contribution in [-0.2, 0) is 9.53 Å². The highest BCUT2D eigenvalue weighted by Gasteiger charge is 2.51. The van der Waals surface area contributed by atoms with Crippen molar-refractivity contribution in [2.75, 3.05) is 13.2 Å². The molecule has 0 aromatic rings. The Kier molecular flexibility index (Phi) is 2.01. The van der Waals surface area contributed by atoms with Crippen molar-refractivity contribution in [1.29, 1.82) is 0 Å². The minimum atomic E-state index is 0.309.